The van der Waals surface area contributed by atoms with Crippen molar-refractivity contribution in [3.8, 4) is 5.69 Å². The van der Waals surface area contributed by atoms with E-state index < -0.39 is 5.91 Å². The number of esters is 1. The molecule has 42 heavy (non-hydrogen) atoms. The fourth-order valence-corrected chi connectivity index (χ4v) is 6.54. The lowest BCUT2D eigenvalue weighted by atomic mass is 9.75. The zero-order chi connectivity index (χ0) is 30.8. The summed E-state index contributed by atoms with van der Waals surface area (Å²) in [5, 5.41) is 6.86. The van der Waals surface area contributed by atoms with Crippen LogP contribution in [0.5, 0.6) is 0 Å². The van der Waals surface area contributed by atoms with E-state index in [1.807, 2.05) is 39.8 Å². The maximum atomic E-state index is 13.1. The molecule has 2 aromatic rings. The van der Waals surface area contributed by atoms with Gasteiger partial charge in [-0.05, 0) is 101 Å². The number of nitrogens with zero attached hydrogens (tertiary/aromatic N) is 1. The molecule has 4 rings (SSSR count). The fourth-order valence-electron chi connectivity index (χ4n) is 6.54. The molecule has 0 radical (unpaired) electrons. The van der Waals surface area contributed by atoms with Crippen LogP contribution in [-0.4, -0.2) is 53.5 Å². The van der Waals surface area contributed by atoms with Crippen LogP contribution in [0.1, 0.15) is 104 Å². The van der Waals surface area contributed by atoms with Gasteiger partial charge in [0.1, 0.15) is 12.1 Å². The van der Waals surface area contributed by atoms with Crippen LogP contribution in [0.4, 0.5) is 5.69 Å². The maximum Gasteiger partial charge on any atom is 0.323 e. The summed E-state index contributed by atoms with van der Waals surface area (Å²) >= 11 is 0. The first kappa shape index (κ1) is 31.8. The third-order valence-corrected chi connectivity index (χ3v) is 8.88. The van der Waals surface area contributed by atoms with Gasteiger partial charge in [-0.15, -0.1) is 0 Å². The summed E-state index contributed by atoms with van der Waals surface area (Å²) in [7, 11) is 0. The minimum absolute atomic E-state index is 0.110. The van der Waals surface area contributed by atoms with Crippen molar-refractivity contribution in [1.82, 2.24) is 9.88 Å². The number of benzene rings is 1. The summed E-state index contributed by atoms with van der Waals surface area (Å²) in [6, 6.07) is 5.42. The highest BCUT2D eigenvalue weighted by Gasteiger charge is 2.36. The molecule has 1 aromatic heterocycles. The summed E-state index contributed by atoms with van der Waals surface area (Å²) in [6.45, 7) is 13.6. The number of carbonyl (C=O) groups is 3. The van der Waals surface area contributed by atoms with Crippen molar-refractivity contribution in [2.24, 2.45) is 22.8 Å². The molecule has 1 atom stereocenters. The van der Waals surface area contributed by atoms with Gasteiger partial charge in [-0.2, -0.15) is 0 Å². The van der Waals surface area contributed by atoms with Gasteiger partial charge in [0, 0.05) is 40.8 Å². The van der Waals surface area contributed by atoms with Crippen molar-refractivity contribution in [2.45, 2.75) is 105 Å². The fraction of sp³-hybridized carbons (Fsp3) is 0.606. The van der Waals surface area contributed by atoms with E-state index in [9.17, 15) is 14.4 Å². The average Bonchev–Trinajstić information content (AvgIpc) is 3.15. The zero-order valence-electron chi connectivity index (χ0n) is 26.1. The van der Waals surface area contributed by atoms with E-state index in [0.717, 1.165) is 66.7 Å². The third-order valence-electron chi connectivity index (χ3n) is 8.88. The quantitative estimate of drug-likeness (QED) is 0.226. The number of nitrogens with one attached hydrogen (secondary N) is 2. The monoisotopic (exact) mass is 579 g/mol. The second-order valence-corrected chi connectivity index (χ2v) is 13.3. The van der Waals surface area contributed by atoms with Gasteiger partial charge in [0.2, 0.25) is 0 Å². The van der Waals surface area contributed by atoms with E-state index in [2.05, 4.69) is 29.0 Å². The number of amides is 1. The predicted octanol–water partition coefficient (Wildman–Crippen LogP) is 4.58. The number of rotatable bonds is 11. The van der Waals surface area contributed by atoms with Crippen LogP contribution in [0.15, 0.2) is 18.2 Å². The molecule has 230 valence electrons. The number of anilines is 1. The zero-order valence-corrected chi connectivity index (χ0v) is 26.1. The summed E-state index contributed by atoms with van der Waals surface area (Å²) < 4.78 is 8.08. The number of primary amides is 1. The van der Waals surface area contributed by atoms with Crippen LogP contribution >= 0.6 is 0 Å². The Morgan fingerprint density at radius 3 is 2.43 bits per heavy atom. The van der Waals surface area contributed by atoms with E-state index in [1.54, 1.807) is 6.07 Å². The molecule has 1 fully saturated rings. The molecule has 1 saturated carbocycles. The van der Waals surface area contributed by atoms with E-state index in [0.29, 0.717) is 30.8 Å². The average molecular weight is 580 g/mol. The molecule has 2 aliphatic carbocycles. The first-order valence-electron chi connectivity index (χ1n) is 15.4. The highest BCUT2D eigenvalue weighted by Crippen LogP contribution is 2.40. The molecule has 1 amide bonds. The lowest BCUT2D eigenvalue weighted by Gasteiger charge is -2.32. The van der Waals surface area contributed by atoms with Gasteiger partial charge in [0.25, 0.3) is 5.91 Å². The second-order valence-electron chi connectivity index (χ2n) is 13.3. The van der Waals surface area contributed by atoms with Gasteiger partial charge in [0.15, 0.2) is 5.78 Å². The number of ketones is 1. The highest BCUT2D eigenvalue weighted by molar-refractivity contribution is 6.01. The van der Waals surface area contributed by atoms with Crippen molar-refractivity contribution in [3.05, 3.63) is 46.3 Å². The van der Waals surface area contributed by atoms with Crippen LogP contribution in [0.2, 0.25) is 0 Å². The Morgan fingerprint density at radius 1 is 1.12 bits per heavy atom. The van der Waals surface area contributed by atoms with Crippen molar-refractivity contribution in [3.63, 3.8) is 0 Å². The Labute approximate surface area is 250 Å². The van der Waals surface area contributed by atoms with Crippen LogP contribution in [-0.2, 0) is 16.0 Å². The summed E-state index contributed by atoms with van der Waals surface area (Å²) in [5.74, 6) is -0.386. The largest absolute Gasteiger partial charge is 0.461 e. The van der Waals surface area contributed by atoms with E-state index >= 15 is 0 Å². The molecular formula is C33H49N5O4. The molecule has 0 bridgehead atoms. The highest BCUT2D eigenvalue weighted by atomic mass is 16.5. The topological polar surface area (TPSA) is 141 Å². The minimum atomic E-state index is -0.493. The number of aromatic nitrogens is 1. The number of fused-ring (bicyclic) bond motifs is 1. The normalized spacial score (nSPS) is 20.7. The van der Waals surface area contributed by atoms with E-state index in [4.69, 9.17) is 16.2 Å². The number of ether oxygens (including phenoxy) is 1. The Balaban J connectivity index is 1.49. The molecule has 6 N–H and O–H groups in total. The molecule has 0 unspecified atom stereocenters. The second kappa shape index (κ2) is 13.0. The van der Waals surface area contributed by atoms with Gasteiger partial charge in [0.05, 0.1) is 5.56 Å². The number of nitrogens with two attached hydrogens (primary N) is 2. The molecule has 0 spiro atoms. The van der Waals surface area contributed by atoms with E-state index in [-0.39, 0.29) is 41.3 Å². The molecule has 0 saturated heterocycles. The number of Topliss-reactive ketones (excluding diaryl/α,β-unsaturated/α-hetero) is 1. The SMILES string of the molecule is Cc1c2c(n(-c3ccc(C(N)=O)c(N[C@H]4CC[C@H](OC(=O)[C@@H](NCCCN)C(C)C)CC4)c3)c1C)CC(C)(C)CC2=O. The van der Waals surface area contributed by atoms with Crippen molar-refractivity contribution in [2.75, 3.05) is 18.4 Å². The molecule has 0 aliphatic heterocycles. The molecule has 1 aromatic carbocycles. The first-order valence-corrected chi connectivity index (χ1v) is 15.4. The lowest BCUT2D eigenvalue weighted by molar-refractivity contribution is -0.154. The Morgan fingerprint density at radius 2 is 1.81 bits per heavy atom. The molecule has 1 heterocycles. The van der Waals surface area contributed by atoms with E-state index in [1.165, 1.54) is 0 Å². The Bertz CT molecular complexity index is 1320. The van der Waals surface area contributed by atoms with Gasteiger partial charge in [-0.25, -0.2) is 0 Å². The number of carbonyl (C=O) groups excluding carboxylic acids is 3. The van der Waals surface area contributed by atoms with Crippen LogP contribution < -0.4 is 22.1 Å². The van der Waals surface area contributed by atoms with Gasteiger partial charge >= 0.3 is 5.97 Å². The van der Waals surface area contributed by atoms with Crippen molar-refractivity contribution in [1.29, 1.82) is 0 Å². The predicted molar refractivity (Wildman–Crippen MR) is 166 cm³/mol. The Kier molecular flexibility index (Phi) is 9.83. The molecule has 2 aliphatic rings. The van der Waals surface area contributed by atoms with Crippen LogP contribution in [0.3, 0.4) is 0 Å². The van der Waals surface area contributed by atoms with Gasteiger partial charge in [-0.3, -0.25) is 14.4 Å². The minimum Gasteiger partial charge on any atom is -0.461 e. The third kappa shape index (κ3) is 6.89. The molecule has 9 heteroatoms. The molecule has 9 nitrogen and oxygen atoms in total. The van der Waals surface area contributed by atoms with Crippen molar-refractivity contribution >= 4 is 23.3 Å². The first-order chi connectivity index (χ1) is 19.8. The smallest absolute Gasteiger partial charge is 0.323 e. The maximum absolute atomic E-state index is 13.1. The molecular weight excluding hydrogens is 530 g/mol. The Hall–Kier alpha value is -3.17. The number of hydrogen-bond donors (Lipinski definition) is 4. The lowest BCUT2D eigenvalue weighted by Crippen LogP contribution is -2.44. The summed E-state index contributed by atoms with van der Waals surface area (Å²) in [4.78, 5) is 38.4. The number of hydrogen-bond acceptors (Lipinski definition) is 7. The van der Waals surface area contributed by atoms with Crippen molar-refractivity contribution < 1.29 is 19.1 Å². The summed E-state index contributed by atoms with van der Waals surface area (Å²) in [6.07, 6.45) is 5.09. The van der Waals surface area contributed by atoms with Gasteiger partial charge in [-0.1, -0.05) is 27.7 Å². The van der Waals surface area contributed by atoms with Crippen LogP contribution in [0, 0.1) is 25.2 Å². The van der Waals surface area contributed by atoms with Gasteiger partial charge < -0.3 is 31.4 Å². The van der Waals surface area contributed by atoms with Crippen LogP contribution in [0.25, 0.3) is 5.69 Å². The summed E-state index contributed by atoms with van der Waals surface area (Å²) in [5.41, 5.74) is 17.2. The standard InChI is InChI=1S/C33H49N5O4/c1-19(2)30(36-15-7-14-34)32(41)42-24-11-8-22(9-12-24)37-26-16-23(10-13-25(26)31(35)40)38-21(4)20(3)29-27(38)17-33(5,6)18-28(29)39/h10,13,16,19,22,24,30,36-37H,7-9,11-12,14-15,17-18,34H2,1-6H3,(H2,35,40)/t22-,24-,30-/m0/s1.